The maximum absolute atomic E-state index is 13.0. The molecule has 1 aliphatic heterocycles. The molecule has 0 atom stereocenters. The number of hydrogen-bond donors (Lipinski definition) is 1. The van der Waals surface area contributed by atoms with E-state index in [1.165, 1.54) is 18.4 Å². The molecule has 4 nitrogen and oxygen atoms in total. The van der Waals surface area contributed by atoms with Gasteiger partial charge in [-0.1, -0.05) is 34.8 Å². The normalized spacial score (nSPS) is 13.3. The summed E-state index contributed by atoms with van der Waals surface area (Å²) in [6.45, 7) is 1.75. The van der Waals surface area contributed by atoms with E-state index in [0.717, 1.165) is 0 Å². The minimum atomic E-state index is -0.317. The van der Waals surface area contributed by atoms with Crippen LogP contribution in [0.1, 0.15) is 20.8 Å². The lowest BCUT2D eigenvalue weighted by molar-refractivity contribution is 0.106. The van der Waals surface area contributed by atoms with Crippen molar-refractivity contribution >= 4 is 73.4 Å². The van der Waals surface area contributed by atoms with Gasteiger partial charge in [-0.15, -0.1) is 11.3 Å². The van der Waals surface area contributed by atoms with E-state index in [9.17, 15) is 9.90 Å². The van der Waals surface area contributed by atoms with Gasteiger partial charge >= 0.3 is 0 Å². The van der Waals surface area contributed by atoms with Crippen LogP contribution in [0.3, 0.4) is 0 Å². The van der Waals surface area contributed by atoms with E-state index < -0.39 is 0 Å². The maximum atomic E-state index is 13.0. The number of carbonyl (C=O) groups is 1. The molecule has 0 amide bonds. The number of ketones is 1. The zero-order chi connectivity index (χ0) is 18.7. The molecule has 0 spiro atoms. The monoisotopic (exact) mass is 425 g/mol. The number of aliphatic imine (C=N–C) groups is 1. The largest absolute Gasteiger partial charge is 0.506 e. The number of hydrogen-bond acceptors (Lipinski definition) is 5. The van der Waals surface area contributed by atoms with Crippen LogP contribution >= 0.6 is 46.1 Å². The fraction of sp³-hybridized carbons (Fsp3) is 0.111. The Bertz CT molecular complexity index is 1150. The molecule has 26 heavy (non-hydrogen) atoms. The second-order valence-electron chi connectivity index (χ2n) is 5.74. The average Bonchev–Trinajstić information content (AvgIpc) is 3.10. The van der Waals surface area contributed by atoms with Gasteiger partial charge in [-0.3, -0.25) is 4.79 Å². The van der Waals surface area contributed by atoms with Crippen LogP contribution in [0.5, 0.6) is 11.5 Å². The quantitative estimate of drug-likeness (QED) is 0.530. The number of Topliss-reactive ketones (excluding diaryl/α,β-unsaturated/α-hetero) is 1. The second-order valence-corrected chi connectivity index (χ2v) is 8.01. The number of fused-ring (bicyclic) bond motifs is 2. The van der Waals surface area contributed by atoms with Gasteiger partial charge in [-0.25, -0.2) is 4.99 Å². The summed E-state index contributed by atoms with van der Waals surface area (Å²) < 4.78 is 5.94. The van der Waals surface area contributed by atoms with Crippen molar-refractivity contribution in [2.24, 2.45) is 4.99 Å². The molecule has 0 unspecified atom stereocenters. The number of halogens is 3. The van der Waals surface area contributed by atoms with Crippen LogP contribution in [0.4, 0.5) is 5.69 Å². The first kappa shape index (κ1) is 17.6. The summed E-state index contributed by atoms with van der Waals surface area (Å²) in [5.74, 6) is 0.0139. The van der Waals surface area contributed by atoms with Gasteiger partial charge in [0.2, 0.25) is 5.78 Å². The van der Waals surface area contributed by atoms with Gasteiger partial charge in [0.1, 0.15) is 22.9 Å². The van der Waals surface area contributed by atoms with Gasteiger partial charge in [0.15, 0.2) is 0 Å². The molecule has 0 saturated carbocycles. The Morgan fingerprint density at radius 2 is 1.88 bits per heavy atom. The second kappa shape index (κ2) is 6.13. The minimum Gasteiger partial charge on any atom is -0.506 e. The molecule has 1 N–H and O–H groups in total. The number of methoxy groups -OCH3 is 1. The maximum Gasteiger partial charge on any atom is 0.215 e. The smallest absolute Gasteiger partial charge is 0.215 e. The highest BCUT2D eigenvalue weighted by Crippen LogP contribution is 2.47. The Morgan fingerprint density at radius 3 is 2.58 bits per heavy atom. The lowest BCUT2D eigenvalue weighted by Gasteiger charge is -2.08. The van der Waals surface area contributed by atoms with E-state index in [1.54, 1.807) is 25.1 Å². The molecule has 4 rings (SSSR count). The van der Waals surface area contributed by atoms with Crippen molar-refractivity contribution in [1.29, 1.82) is 0 Å². The fourth-order valence-corrected chi connectivity index (χ4v) is 4.83. The zero-order valence-electron chi connectivity index (χ0n) is 13.5. The Kier molecular flexibility index (Phi) is 4.15. The molecule has 2 aromatic carbocycles. The highest BCUT2D eigenvalue weighted by atomic mass is 35.5. The molecule has 1 aliphatic rings. The Morgan fingerprint density at radius 1 is 1.15 bits per heavy atom. The number of carbonyl (C=O) groups excluding carboxylic acids is 1. The molecule has 0 bridgehead atoms. The van der Waals surface area contributed by atoms with Crippen molar-refractivity contribution in [2.45, 2.75) is 6.92 Å². The fourth-order valence-electron chi connectivity index (χ4n) is 2.96. The first-order valence-electron chi connectivity index (χ1n) is 7.44. The predicted molar refractivity (Wildman–Crippen MR) is 107 cm³/mol. The summed E-state index contributed by atoms with van der Waals surface area (Å²) in [7, 11) is 1.48. The summed E-state index contributed by atoms with van der Waals surface area (Å²) >= 11 is 19.6. The molecule has 0 aliphatic carbocycles. The first-order valence-corrected chi connectivity index (χ1v) is 9.39. The molecule has 3 aromatic rings. The third-order valence-corrected chi connectivity index (χ3v) is 6.50. The van der Waals surface area contributed by atoms with Gasteiger partial charge in [0.05, 0.1) is 27.3 Å². The molecule has 132 valence electrons. The standard InChI is InChI=1S/C18H10Cl3NO3S/c1-6-9(20)5-11(25-2)13-12(6)16(24)14(22-13)18-15(23)8-3-7(19)4-10(21)17(8)26-18/h3-5,23H,1-2H3. The number of aromatic hydroxyl groups is 1. The van der Waals surface area contributed by atoms with Gasteiger partial charge in [-0.2, -0.15) is 0 Å². The lowest BCUT2D eigenvalue weighted by Crippen LogP contribution is -2.11. The third-order valence-electron chi connectivity index (χ3n) is 4.24. The minimum absolute atomic E-state index is 0.0722. The molecular weight excluding hydrogens is 417 g/mol. The SMILES string of the molecule is COc1cc(Cl)c(C)c2c1N=C(c1sc3c(Cl)cc(Cl)cc3c1O)C2=O. The number of thiophene rings is 1. The summed E-state index contributed by atoms with van der Waals surface area (Å²) in [6.07, 6.45) is 0. The summed E-state index contributed by atoms with van der Waals surface area (Å²) in [4.78, 5) is 17.8. The third kappa shape index (κ3) is 2.42. The van der Waals surface area contributed by atoms with Crippen molar-refractivity contribution < 1.29 is 14.6 Å². The van der Waals surface area contributed by atoms with E-state index in [4.69, 9.17) is 39.5 Å². The number of benzene rings is 2. The average molecular weight is 427 g/mol. The van der Waals surface area contributed by atoms with E-state index in [2.05, 4.69) is 4.99 Å². The van der Waals surface area contributed by atoms with Crippen LogP contribution in [0.25, 0.3) is 10.1 Å². The summed E-state index contributed by atoms with van der Waals surface area (Å²) in [5, 5.41) is 12.3. The van der Waals surface area contributed by atoms with E-state index in [1.807, 2.05) is 0 Å². The van der Waals surface area contributed by atoms with E-state index in [-0.39, 0.29) is 17.2 Å². The zero-order valence-corrected chi connectivity index (χ0v) is 16.6. The van der Waals surface area contributed by atoms with Crippen molar-refractivity contribution in [2.75, 3.05) is 7.11 Å². The Balaban J connectivity index is 1.97. The van der Waals surface area contributed by atoms with Gasteiger partial charge in [-0.05, 0) is 24.6 Å². The molecular formula is C18H10Cl3NO3S. The Hall–Kier alpha value is -1.79. The van der Waals surface area contributed by atoms with Crippen LogP contribution in [0, 0.1) is 6.92 Å². The lowest BCUT2D eigenvalue weighted by atomic mass is 10.0. The van der Waals surface area contributed by atoms with Crippen LogP contribution in [-0.2, 0) is 0 Å². The van der Waals surface area contributed by atoms with E-state index >= 15 is 0 Å². The summed E-state index contributed by atoms with van der Waals surface area (Å²) in [5.41, 5.74) is 1.54. The molecule has 0 saturated heterocycles. The van der Waals surface area contributed by atoms with Crippen molar-refractivity contribution in [3.8, 4) is 11.5 Å². The molecule has 0 fully saturated rings. The highest BCUT2D eigenvalue weighted by molar-refractivity contribution is 7.22. The van der Waals surface area contributed by atoms with Crippen LogP contribution in [-0.4, -0.2) is 23.7 Å². The molecule has 0 radical (unpaired) electrons. The topological polar surface area (TPSA) is 58.9 Å². The van der Waals surface area contributed by atoms with Gasteiger partial charge < -0.3 is 9.84 Å². The van der Waals surface area contributed by atoms with Gasteiger partial charge in [0, 0.05) is 21.5 Å². The van der Waals surface area contributed by atoms with E-state index in [0.29, 0.717) is 52.6 Å². The molecule has 8 heteroatoms. The van der Waals surface area contributed by atoms with Crippen molar-refractivity contribution in [1.82, 2.24) is 0 Å². The first-order chi connectivity index (χ1) is 12.3. The molecule has 2 heterocycles. The number of ether oxygens (including phenoxy) is 1. The van der Waals surface area contributed by atoms with Gasteiger partial charge in [0.25, 0.3) is 0 Å². The summed E-state index contributed by atoms with van der Waals surface area (Å²) in [6, 6.07) is 4.82. The van der Waals surface area contributed by atoms with Crippen molar-refractivity contribution in [3.05, 3.63) is 49.3 Å². The molecule has 1 aromatic heterocycles. The van der Waals surface area contributed by atoms with Crippen LogP contribution in [0.15, 0.2) is 23.2 Å². The highest BCUT2D eigenvalue weighted by Gasteiger charge is 2.34. The van der Waals surface area contributed by atoms with Crippen LogP contribution in [0.2, 0.25) is 15.1 Å². The number of nitrogens with zero attached hydrogens (tertiary/aromatic N) is 1. The Labute approximate surface area is 167 Å². The van der Waals surface area contributed by atoms with Crippen molar-refractivity contribution in [3.63, 3.8) is 0 Å². The van der Waals surface area contributed by atoms with Crippen LogP contribution < -0.4 is 4.74 Å². The predicted octanol–water partition coefficient (Wildman–Crippen LogP) is 6.20. The number of rotatable bonds is 2.